The summed E-state index contributed by atoms with van der Waals surface area (Å²) in [5.41, 5.74) is 1.86. The van der Waals surface area contributed by atoms with Crippen LogP contribution in [0.25, 0.3) is 0 Å². The van der Waals surface area contributed by atoms with Crippen molar-refractivity contribution in [3.05, 3.63) is 29.8 Å². The van der Waals surface area contributed by atoms with Crippen molar-refractivity contribution in [2.75, 3.05) is 24.2 Å². The summed E-state index contributed by atoms with van der Waals surface area (Å²) in [7, 11) is -3.67. The smallest absolute Gasteiger partial charge is 0.261 e. The molecule has 2 heterocycles. The maximum Gasteiger partial charge on any atom is 0.261 e. The number of para-hydroxylation sites is 1. The highest BCUT2D eigenvalue weighted by Crippen LogP contribution is 2.24. The molecule has 1 N–H and O–H groups in total. The number of amides is 1. The maximum absolute atomic E-state index is 11.7. The van der Waals surface area contributed by atoms with E-state index in [9.17, 15) is 13.2 Å². The Kier molecular flexibility index (Phi) is 3.96. The van der Waals surface area contributed by atoms with Gasteiger partial charge in [-0.05, 0) is 6.07 Å². The van der Waals surface area contributed by atoms with Crippen molar-refractivity contribution in [3.8, 4) is 0 Å². The number of carbonyl (C=O) groups excluding carboxylic acids is 1. The number of fused-ring (bicyclic) bond motifs is 3. The Morgan fingerprint density at radius 1 is 1.25 bits per heavy atom. The van der Waals surface area contributed by atoms with Gasteiger partial charge in [-0.3, -0.25) is 24.2 Å². The molecule has 0 fully saturated rings. The van der Waals surface area contributed by atoms with E-state index < -0.39 is 10.1 Å². The zero-order chi connectivity index (χ0) is 14.8. The normalized spacial score (nSPS) is 16.6. The second-order valence-electron chi connectivity index (χ2n) is 4.22. The second-order valence-corrected chi connectivity index (χ2v) is 5.69. The summed E-state index contributed by atoms with van der Waals surface area (Å²) in [4.78, 5) is 21.8. The Hall–Kier alpha value is -2.06. The molecule has 0 aromatic heterocycles. The average Bonchev–Trinajstić information content (AvgIpc) is 2.60. The predicted octanol–water partition coefficient (Wildman–Crippen LogP) is 0.368. The predicted molar refractivity (Wildman–Crippen MR) is 76.2 cm³/mol. The van der Waals surface area contributed by atoms with E-state index in [4.69, 9.17) is 4.55 Å². The summed E-state index contributed by atoms with van der Waals surface area (Å²) in [5.74, 6) is 0.782. The largest absolute Gasteiger partial charge is 0.286 e. The minimum atomic E-state index is -3.67. The van der Waals surface area contributed by atoms with Crippen LogP contribution in [0, 0.1) is 0 Å². The molecule has 0 unspecified atom stereocenters. The third kappa shape index (κ3) is 3.49. The molecule has 0 radical (unpaired) electrons. The van der Waals surface area contributed by atoms with Crippen LogP contribution in [0.1, 0.15) is 5.56 Å². The fourth-order valence-corrected chi connectivity index (χ4v) is 1.86. The van der Waals surface area contributed by atoms with Gasteiger partial charge < -0.3 is 0 Å². The van der Waals surface area contributed by atoms with Gasteiger partial charge in [0.15, 0.2) is 0 Å². The monoisotopic (exact) mass is 295 g/mol. The van der Waals surface area contributed by atoms with Crippen molar-refractivity contribution in [2.45, 2.75) is 0 Å². The quantitative estimate of drug-likeness (QED) is 0.699. The van der Waals surface area contributed by atoms with Crippen LogP contribution in [0.4, 0.5) is 5.69 Å². The van der Waals surface area contributed by atoms with E-state index >= 15 is 0 Å². The summed E-state index contributed by atoms with van der Waals surface area (Å²) in [6, 6.07) is 7.73. The first-order chi connectivity index (χ1) is 9.36. The van der Waals surface area contributed by atoms with E-state index in [2.05, 4.69) is 9.98 Å². The first-order valence-electron chi connectivity index (χ1n) is 5.74. The molecule has 1 aromatic rings. The number of aliphatic imine (C=N–C) groups is 2. The van der Waals surface area contributed by atoms with Gasteiger partial charge in [0.05, 0.1) is 18.5 Å². The van der Waals surface area contributed by atoms with E-state index in [1.807, 2.05) is 24.3 Å². The lowest BCUT2D eigenvalue weighted by Gasteiger charge is -2.17. The molecular weight excluding hydrogens is 282 g/mol. The molecule has 0 saturated carbocycles. The maximum atomic E-state index is 11.7. The molecule has 7 nitrogen and oxygen atoms in total. The van der Waals surface area contributed by atoms with Crippen LogP contribution in [0.5, 0.6) is 0 Å². The minimum absolute atomic E-state index is 0.0305. The van der Waals surface area contributed by atoms with Gasteiger partial charge in [0.2, 0.25) is 0 Å². The molecule has 1 aromatic carbocycles. The first-order valence-corrected chi connectivity index (χ1v) is 7.58. The molecule has 1 amide bonds. The first kappa shape index (κ1) is 14.4. The Labute approximate surface area is 116 Å². The van der Waals surface area contributed by atoms with Gasteiger partial charge in [-0.25, -0.2) is 0 Å². The van der Waals surface area contributed by atoms with E-state index in [-0.39, 0.29) is 12.5 Å². The van der Waals surface area contributed by atoms with Crippen LogP contribution in [0.3, 0.4) is 0 Å². The van der Waals surface area contributed by atoms with Crippen LogP contribution in [0.15, 0.2) is 34.3 Å². The molecule has 2 aliphatic heterocycles. The van der Waals surface area contributed by atoms with Crippen LogP contribution in [-0.2, 0) is 14.9 Å². The molecule has 0 bridgehead atoms. The van der Waals surface area contributed by atoms with E-state index in [1.165, 1.54) is 0 Å². The molecule has 0 aliphatic carbocycles. The SMILES string of the molecule is CS(=O)(=O)O.O=C1CN=C2CN=Cc3ccccc3N12. The second kappa shape index (κ2) is 5.51. The molecule has 20 heavy (non-hydrogen) atoms. The van der Waals surface area contributed by atoms with Gasteiger partial charge in [-0.2, -0.15) is 8.42 Å². The number of carbonyl (C=O) groups is 1. The van der Waals surface area contributed by atoms with Gasteiger partial charge >= 0.3 is 0 Å². The Morgan fingerprint density at radius 2 is 1.90 bits per heavy atom. The number of nitrogens with zero attached hydrogens (tertiary/aromatic N) is 3. The number of anilines is 1. The van der Waals surface area contributed by atoms with Gasteiger partial charge in [-0.15, -0.1) is 0 Å². The molecule has 0 atom stereocenters. The molecule has 0 saturated heterocycles. The lowest BCUT2D eigenvalue weighted by atomic mass is 10.2. The lowest BCUT2D eigenvalue weighted by Crippen LogP contribution is -2.33. The van der Waals surface area contributed by atoms with E-state index in [0.29, 0.717) is 12.8 Å². The van der Waals surface area contributed by atoms with Crippen molar-refractivity contribution in [1.29, 1.82) is 0 Å². The zero-order valence-corrected chi connectivity index (χ0v) is 11.5. The molecule has 0 spiro atoms. The van der Waals surface area contributed by atoms with E-state index in [0.717, 1.165) is 17.1 Å². The summed E-state index contributed by atoms with van der Waals surface area (Å²) in [6.45, 7) is 0.736. The highest BCUT2D eigenvalue weighted by atomic mass is 32.2. The minimum Gasteiger partial charge on any atom is -0.286 e. The zero-order valence-electron chi connectivity index (χ0n) is 10.7. The van der Waals surface area contributed by atoms with Crippen molar-refractivity contribution >= 4 is 33.8 Å². The number of hydrogen-bond acceptors (Lipinski definition) is 5. The van der Waals surface area contributed by atoms with Crippen molar-refractivity contribution < 1.29 is 17.8 Å². The highest BCUT2D eigenvalue weighted by Gasteiger charge is 2.28. The summed E-state index contributed by atoms with van der Waals surface area (Å²) >= 11 is 0. The Bertz CT molecular complexity index is 686. The number of rotatable bonds is 0. The van der Waals surface area contributed by atoms with Crippen molar-refractivity contribution in [1.82, 2.24) is 0 Å². The lowest BCUT2D eigenvalue weighted by molar-refractivity contribution is -0.115. The summed E-state index contributed by atoms with van der Waals surface area (Å²) in [6.07, 6.45) is 2.51. The highest BCUT2D eigenvalue weighted by molar-refractivity contribution is 7.85. The molecule has 3 rings (SSSR count). The van der Waals surface area contributed by atoms with Gasteiger partial charge in [0.25, 0.3) is 16.0 Å². The van der Waals surface area contributed by atoms with Crippen LogP contribution in [-0.4, -0.2) is 50.3 Å². The van der Waals surface area contributed by atoms with Crippen molar-refractivity contribution in [2.24, 2.45) is 9.98 Å². The van der Waals surface area contributed by atoms with Gasteiger partial charge in [0, 0.05) is 11.8 Å². The van der Waals surface area contributed by atoms with Crippen LogP contribution < -0.4 is 4.90 Å². The van der Waals surface area contributed by atoms with Gasteiger partial charge in [-0.1, -0.05) is 18.2 Å². The number of amidine groups is 1. The third-order valence-corrected chi connectivity index (χ3v) is 2.55. The summed E-state index contributed by atoms with van der Waals surface area (Å²) in [5, 5.41) is 0. The third-order valence-electron chi connectivity index (χ3n) is 2.55. The molecule has 2 aliphatic rings. The number of hydrogen-bond donors (Lipinski definition) is 1. The standard InChI is InChI=1S/C11H9N3O.CH4O3S/c15-11-7-13-10-6-12-5-8-3-1-2-4-9(8)14(10)11;1-5(2,3)4/h1-5H,6-7H2;1H3,(H,2,3,4). The summed E-state index contributed by atoms with van der Waals surface area (Å²) < 4.78 is 25.9. The fourth-order valence-electron chi connectivity index (χ4n) is 1.86. The Balaban J connectivity index is 0.000000257. The number of benzene rings is 1. The van der Waals surface area contributed by atoms with Crippen LogP contribution in [0.2, 0.25) is 0 Å². The van der Waals surface area contributed by atoms with Crippen LogP contribution >= 0.6 is 0 Å². The molecule has 106 valence electrons. The Morgan fingerprint density at radius 3 is 2.60 bits per heavy atom. The van der Waals surface area contributed by atoms with Gasteiger partial charge in [0.1, 0.15) is 12.4 Å². The van der Waals surface area contributed by atoms with E-state index in [1.54, 1.807) is 11.1 Å². The fraction of sp³-hybridized carbons (Fsp3) is 0.250. The molecular formula is C12H13N3O4S. The van der Waals surface area contributed by atoms with Crippen molar-refractivity contribution in [3.63, 3.8) is 0 Å². The topological polar surface area (TPSA) is 99.4 Å². The average molecular weight is 295 g/mol. The molecule has 8 heteroatoms.